The van der Waals surface area contributed by atoms with E-state index in [1.807, 2.05) is 0 Å². The molecule has 2 aromatic carbocycles. The highest BCUT2D eigenvalue weighted by Crippen LogP contribution is 2.24. The molecule has 1 aromatic heterocycles. The third-order valence-corrected chi connectivity index (χ3v) is 6.01. The van der Waals surface area contributed by atoms with E-state index >= 15 is 0 Å². The molecule has 0 saturated carbocycles. The van der Waals surface area contributed by atoms with Gasteiger partial charge in [-0.05, 0) is 30.3 Å². The molecule has 0 aliphatic heterocycles. The zero-order valence-corrected chi connectivity index (χ0v) is 15.0. The van der Waals surface area contributed by atoms with Crippen molar-refractivity contribution < 1.29 is 17.9 Å². The maximum Gasteiger partial charge on any atom is 0.339 e. The monoisotopic (exact) mass is 378 g/mol. The van der Waals surface area contributed by atoms with Crippen LogP contribution in [0.4, 0.5) is 5.69 Å². The number of ether oxygens (including phenoxy) is 1. The highest BCUT2D eigenvalue weighted by Gasteiger charge is 2.20. The average molecular weight is 378 g/mol. The Morgan fingerprint density at radius 1 is 1.20 bits per heavy atom. The molecule has 3 rings (SSSR count). The van der Waals surface area contributed by atoms with Crippen LogP contribution in [0.5, 0.6) is 0 Å². The number of fused-ring (bicyclic) bond motifs is 1. The number of methoxy groups -OCH3 is 1. The van der Waals surface area contributed by atoms with E-state index in [1.54, 1.807) is 25.2 Å². The number of esters is 1. The van der Waals surface area contributed by atoms with Gasteiger partial charge in [-0.25, -0.2) is 13.2 Å². The number of nitrogens with zero attached hydrogens (tertiary/aromatic N) is 1. The van der Waals surface area contributed by atoms with E-state index in [-0.39, 0.29) is 21.0 Å². The van der Waals surface area contributed by atoms with Gasteiger partial charge in [0, 0.05) is 7.05 Å². The SMILES string of the molecule is COC(=O)c1ccccc1NS(=O)(=O)c1ccc2c(c1)sc(=O)n2C. The summed E-state index contributed by atoms with van der Waals surface area (Å²) in [6, 6.07) is 10.6. The van der Waals surface area contributed by atoms with Gasteiger partial charge in [0.25, 0.3) is 10.0 Å². The largest absolute Gasteiger partial charge is 0.465 e. The molecular weight excluding hydrogens is 364 g/mol. The topological polar surface area (TPSA) is 94.5 Å². The van der Waals surface area contributed by atoms with Crippen LogP contribution < -0.4 is 9.60 Å². The van der Waals surface area contributed by atoms with E-state index in [9.17, 15) is 18.0 Å². The molecule has 1 heterocycles. The Bertz CT molecular complexity index is 1130. The Morgan fingerprint density at radius 2 is 1.92 bits per heavy atom. The van der Waals surface area contributed by atoms with Crippen molar-refractivity contribution in [1.82, 2.24) is 4.57 Å². The predicted molar refractivity (Wildman–Crippen MR) is 95.7 cm³/mol. The van der Waals surface area contributed by atoms with E-state index in [0.717, 1.165) is 11.3 Å². The Kier molecular flexibility index (Phi) is 4.36. The smallest absolute Gasteiger partial charge is 0.339 e. The third-order valence-electron chi connectivity index (χ3n) is 3.65. The summed E-state index contributed by atoms with van der Waals surface area (Å²) < 4.78 is 34.4. The number of anilines is 1. The number of hydrogen-bond acceptors (Lipinski definition) is 6. The molecule has 0 aliphatic carbocycles. The second-order valence-corrected chi connectivity index (χ2v) is 7.87. The zero-order valence-electron chi connectivity index (χ0n) is 13.3. The summed E-state index contributed by atoms with van der Waals surface area (Å²) in [4.78, 5) is 23.3. The van der Waals surface area contributed by atoms with Gasteiger partial charge in [0.15, 0.2) is 0 Å². The number of nitrogens with one attached hydrogen (secondary N) is 1. The minimum atomic E-state index is -3.94. The summed E-state index contributed by atoms with van der Waals surface area (Å²) in [6.45, 7) is 0. The number of hydrogen-bond donors (Lipinski definition) is 1. The van der Waals surface area contributed by atoms with E-state index in [0.29, 0.717) is 10.2 Å². The summed E-state index contributed by atoms with van der Waals surface area (Å²) in [5.41, 5.74) is 0.888. The van der Waals surface area contributed by atoms with Crippen LogP contribution in [0.1, 0.15) is 10.4 Å². The van der Waals surface area contributed by atoms with Crippen LogP contribution in [0.15, 0.2) is 52.2 Å². The van der Waals surface area contributed by atoms with Gasteiger partial charge in [0.1, 0.15) is 0 Å². The van der Waals surface area contributed by atoms with Crippen LogP contribution in [-0.2, 0) is 21.8 Å². The van der Waals surface area contributed by atoms with Crippen LogP contribution in [0.3, 0.4) is 0 Å². The molecule has 3 aromatic rings. The van der Waals surface area contributed by atoms with Crippen molar-refractivity contribution in [2.24, 2.45) is 7.05 Å². The van der Waals surface area contributed by atoms with E-state index in [1.165, 1.54) is 35.9 Å². The Labute approximate surface area is 147 Å². The van der Waals surface area contributed by atoms with Crippen molar-refractivity contribution in [3.05, 3.63) is 57.7 Å². The molecule has 130 valence electrons. The molecule has 0 bridgehead atoms. The summed E-state index contributed by atoms with van der Waals surface area (Å²) >= 11 is 0.968. The zero-order chi connectivity index (χ0) is 18.2. The molecule has 0 unspecified atom stereocenters. The van der Waals surface area contributed by atoms with E-state index in [4.69, 9.17) is 0 Å². The number of carbonyl (C=O) groups is 1. The standard InChI is InChI=1S/C16H14N2O5S2/c1-18-13-8-7-10(9-14(13)24-16(18)20)25(21,22)17-12-6-4-3-5-11(12)15(19)23-2/h3-9,17H,1-2H3. The number of aryl methyl sites for hydroxylation is 1. The molecule has 0 amide bonds. The van der Waals surface area contributed by atoms with Crippen LogP contribution in [0, 0.1) is 0 Å². The third kappa shape index (κ3) is 3.15. The number of para-hydroxylation sites is 1. The normalized spacial score (nSPS) is 11.4. The van der Waals surface area contributed by atoms with E-state index < -0.39 is 16.0 Å². The number of aromatic nitrogens is 1. The van der Waals surface area contributed by atoms with Crippen molar-refractivity contribution in [3.63, 3.8) is 0 Å². The second-order valence-electron chi connectivity index (χ2n) is 5.20. The molecule has 25 heavy (non-hydrogen) atoms. The van der Waals surface area contributed by atoms with Gasteiger partial charge in [-0.2, -0.15) is 0 Å². The van der Waals surface area contributed by atoms with Crippen LogP contribution in [0.25, 0.3) is 10.2 Å². The maximum absolute atomic E-state index is 12.7. The highest BCUT2D eigenvalue weighted by molar-refractivity contribution is 7.92. The second kappa shape index (κ2) is 6.34. The molecule has 0 fully saturated rings. The lowest BCUT2D eigenvalue weighted by Gasteiger charge is -2.11. The van der Waals surface area contributed by atoms with Crippen molar-refractivity contribution in [2.75, 3.05) is 11.8 Å². The molecule has 7 nitrogen and oxygen atoms in total. The van der Waals surface area contributed by atoms with Crippen molar-refractivity contribution >= 4 is 43.2 Å². The molecule has 0 radical (unpaired) electrons. The van der Waals surface area contributed by atoms with Gasteiger partial charge in [-0.15, -0.1) is 0 Å². The molecule has 9 heteroatoms. The van der Waals surface area contributed by atoms with Gasteiger partial charge >= 0.3 is 10.8 Å². The Balaban J connectivity index is 2.03. The molecular formula is C16H14N2O5S2. The maximum atomic E-state index is 12.7. The first-order valence-corrected chi connectivity index (χ1v) is 9.43. The fourth-order valence-corrected chi connectivity index (χ4v) is 4.44. The van der Waals surface area contributed by atoms with E-state index in [2.05, 4.69) is 9.46 Å². The molecule has 0 spiro atoms. The molecule has 1 N–H and O–H groups in total. The number of sulfonamides is 1. The average Bonchev–Trinajstić information content (AvgIpc) is 2.88. The van der Waals surface area contributed by atoms with Gasteiger partial charge in [-0.1, -0.05) is 23.5 Å². The summed E-state index contributed by atoms with van der Waals surface area (Å²) in [5, 5.41) is 0. The Morgan fingerprint density at radius 3 is 2.64 bits per heavy atom. The van der Waals surface area contributed by atoms with Crippen molar-refractivity contribution in [2.45, 2.75) is 4.90 Å². The molecule has 0 saturated heterocycles. The molecule has 0 atom stereocenters. The quantitative estimate of drug-likeness (QED) is 0.702. The summed E-state index contributed by atoms with van der Waals surface area (Å²) in [5.74, 6) is -0.643. The lowest BCUT2D eigenvalue weighted by Crippen LogP contribution is -2.16. The van der Waals surface area contributed by atoms with Gasteiger partial charge in [0.2, 0.25) is 0 Å². The lowest BCUT2D eigenvalue weighted by molar-refractivity contribution is 0.0602. The first kappa shape index (κ1) is 17.2. The fourth-order valence-electron chi connectivity index (χ4n) is 2.35. The lowest BCUT2D eigenvalue weighted by atomic mass is 10.2. The Hall–Kier alpha value is -2.65. The van der Waals surface area contributed by atoms with Crippen LogP contribution in [-0.4, -0.2) is 26.1 Å². The summed E-state index contributed by atoms with van der Waals surface area (Å²) in [7, 11) is -1.09. The van der Waals surface area contributed by atoms with Gasteiger partial charge < -0.3 is 9.30 Å². The number of carbonyl (C=O) groups excluding carboxylic acids is 1. The van der Waals surface area contributed by atoms with Crippen molar-refractivity contribution in [3.8, 4) is 0 Å². The minimum Gasteiger partial charge on any atom is -0.465 e. The minimum absolute atomic E-state index is 0.00141. The highest BCUT2D eigenvalue weighted by atomic mass is 32.2. The van der Waals surface area contributed by atoms with Crippen LogP contribution >= 0.6 is 11.3 Å². The fraction of sp³-hybridized carbons (Fsp3) is 0.125. The molecule has 0 aliphatic rings. The number of rotatable bonds is 4. The first-order chi connectivity index (χ1) is 11.8. The van der Waals surface area contributed by atoms with Crippen molar-refractivity contribution in [1.29, 1.82) is 0 Å². The summed E-state index contributed by atoms with van der Waals surface area (Å²) in [6.07, 6.45) is 0. The number of benzene rings is 2. The number of thiazole rings is 1. The van der Waals surface area contributed by atoms with Gasteiger partial charge in [0.05, 0.1) is 33.5 Å². The first-order valence-electron chi connectivity index (χ1n) is 7.13. The van der Waals surface area contributed by atoms with Gasteiger partial charge in [-0.3, -0.25) is 9.52 Å². The van der Waals surface area contributed by atoms with Crippen LogP contribution in [0.2, 0.25) is 0 Å². The predicted octanol–water partition coefficient (Wildman–Crippen LogP) is 2.19.